The van der Waals surface area contributed by atoms with E-state index in [1.165, 1.54) is 20.0 Å². The molecule has 1 aromatic heterocycles. The van der Waals surface area contributed by atoms with Crippen LogP contribution in [0.1, 0.15) is 55.2 Å². The minimum atomic E-state index is -0.696. The number of carbonyl (C=O) groups is 2. The van der Waals surface area contributed by atoms with Gasteiger partial charge in [0.15, 0.2) is 0 Å². The lowest BCUT2D eigenvalue weighted by Crippen LogP contribution is -2.23. The number of fused-ring (bicyclic) bond motifs is 1. The highest BCUT2D eigenvalue weighted by Crippen LogP contribution is 2.30. The number of ether oxygens (including phenoxy) is 1. The summed E-state index contributed by atoms with van der Waals surface area (Å²) >= 11 is 0. The number of H-pyrrole nitrogens is 1. The third kappa shape index (κ3) is 4.20. The van der Waals surface area contributed by atoms with Gasteiger partial charge in [-0.15, -0.1) is 0 Å². The van der Waals surface area contributed by atoms with Crippen LogP contribution < -0.4 is 5.32 Å². The zero-order chi connectivity index (χ0) is 19.6. The van der Waals surface area contributed by atoms with Gasteiger partial charge in [-0.05, 0) is 52.2 Å². The van der Waals surface area contributed by atoms with Crippen molar-refractivity contribution < 1.29 is 23.1 Å². The molecule has 0 saturated carbocycles. The van der Waals surface area contributed by atoms with E-state index in [1.54, 1.807) is 20.8 Å². The van der Waals surface area contributed by atoms with Crippen LogP contribution in [0, 0.1) is 18.6 Å². The number of aromatic nitrogens is 1. The first-order chi connectivity index (χ1) is 12.0. The van der Waals surface area contributed by atoms with Crippen LogP contribution in [0.25, 0.3) is 10.9 Å². The summed E-state index contributed by atoms with van der Waals surface area (Å²) < 4.78 is 33.7. The van der Waals surface area contributed by atoms with Crippen molar-refractivity contribution in [2.45, 2.75) is 52.6 Å². The SMILES string of the molecule is CNC(=O)c1[nH]c2cc(F)c(C)c(F)c2c1CCCC(=O)OC(C)(C)C. The number of carbonyl (C=O) groups excluding carboxylic acids is 2. The average Bonchev–Trinajstić information content (AvgIpc) is 2.88. The van der Waals surface area contributed by atoms with Gasteiger partial charge in [-0.3, -0.25) is 9.59 Å². The van der Waals surface area contributed by atoms with Gasteiger partial charge in [-0.2, -0.15) is 0 Å². The highest BCUT2D eigenvalue weighted by molar-refractivity contribution is 6.01. The third-order valence-corrected chi connectivity index (χ3v) is 3.99. The molecule has 0 aliphatic carbocycles. The number of hydrogen-bond donors (Lipinski definition) is 2. The predicted octanol–water partition coefficient (Wildman–Crippen LogP) is 3.78. The lowest BCUT2D eigenvalue weighted by Gasteiger charge is -2.19. The Bertz CT molecular complexity index is 851. The molecule has 2 aromatic rings. The molecule has 0 fully saturated rings. The van der Waals surface area contributed by atoms with Crippen molar-refractivity contribution in [2.75, 3.05) is 7.05 Å². The molecule has 2 N–H and O–H groups in total. The summed E-state index contributed by atoms with van der Waals surface area (Å²) in [6.07, 6.45) is 0.796. The fraction of sp³-hybridized carbons (Fsp3) is 0.474. The molecule has 7 heteroatoms. The summed E-state index contributed by atoms with van der Waals surface area (Å²) in [4.78, 5) is 26.8. The molecule has 1 aromatic carbocycles. The smallest absolute Gasteiger partial charge is 0.306 e. The van der Waals surface area contributed by atoms with Crippen molar-refractivity contribution >= 4 is 22.8 Å². The van der Waals surface area contributed by atoms with Gasteiger partial charge in [0.2, 0.25) is 0 Å². The molecule has 1 amide bonds. The number of amides is 1. The second-order valence-electron chi connectivity index (χ2n) is 7.22. The highest BCUT2D eigenvalue weighted by Gasteiger charge is 2.23. The fourth-order valence-corrected chi connectivity index (χ4v) is 2.82. The Labute approximate surface area is 151 Å². The zero-order valence-corrected chi connectivity index (χ0v) is 15.7. The summed E-state index contributed by atoms with van der Waals surface area (Å²) in [6, 6.07) is 1.18. The minimum Gasteiger partial charge on any atom is -0.460 e. The molecule has 0 spiro atoms. The number of aromatic amines is 1. The quantitative estimate of drug-likeness (QED) is 0.791. The maximum atomic E-state index is 14.6. The van der Waals surface area contributed by atoms with Crippen LogP contribution in [0.5, 0.6) is 0 Å². The number of hydrogen-bond acceptors (Lipinski definition) is 3. The van der Waals surface area contributed by atoms with E-state index < -0.39 is 23.1 Å². The largest absolute Gasteiger partial charge is 0.460 e. The molecule has 2 rings (SSSR count). The van der Waals surface area contributed by atoms with Crippen molar-refractivity contribution in [2.24, 2.45) is 0 Å². The van der Waals surface area contributed by atoms with E-state index in [9.17, 15) is 18.4 Å². The molecule has 5 nitrogen and oxygen atoms in total. The molecule has 142 valence electrons. The molecule has 26 heavy (non-hydrogen) atoms. The zero-order valence-electron chi connectivity index (χ0n) is 15.7. The molecule has 0 unspecified atom stereocenters. The lowest BCUT2D eigenvalue weighted by atomic mass is 10.0. The van der Waals surface area contributed by atoms with Crippen LogP contribution in [0.15, 0.2) is 6.07 Å². The van der Waals surface area contributed by atoms with Gasteiger partial charge in [0.05, 0.1) is 5.52 Å². The number of rotatable bonds is 5. The molecule has 0 aliphatic heterocycles. The highest BCUT2D eigenvalue weighted by atomic mass is 19.1. The van der Waals surface area contributed by atoms with Crippen molar-refractivity contribution in [3.63, 3.8) is 0 Å². The Kier molecular flexibility index (Phi) is 5.68. The number of benzene rings is 1. The average molecular weight is 366 g/mol. The molecule has 0 atom stereocenters. The molecular weight excluding hydrogens is 342 g/mol. The molecule has 0 aliphatic rings. The molecule has 0 saturated heterocycles. The van der Waals surface area contributed by atoms with Crippen molar-refractivity contribution in [3.05, 3.63) is 34.5 Å². The van der Waals surface area contributed by atoms with E-state index in [2.05, 4.69) is 10.3 Å². The van der Waals surface area contributed by atoms with Gasteiger partial charge in [-0.1, -0.05) is 0 Å². The fourth-order valence-electron chi connectivity index (χ4n) is 2.82. The van der Waals surface area contributed by atoms with Crippen LogP contribution in [0.4, 0.5) is 8.78 Å². The van der Waals surface area contributed by atoms with Crippen LogP contribution in [-0.2, 0) is 16.0 Å². The number of aryl methyl sites for hydroxylation is 1. The summed E-state index contributed by atoms with van der Waals surface area (Å²) in [7, 11) is 1.46. The molecule has 0 radical (unpaired) electrons. The standard InChI is InChI=1S/C19H24F2N2O3/c1-10-12(20)9-13-15(16(10)21)11(17(23-13)18(25)22-5)7-6-8-14(24)26-19(2,3)4/h9,23H,6-8H2,1-5H3,(H,22,25). The monoisotopic (exact) mass is 366 g/mol. The van der Waals surface area contributed by atoms with Crippen LogP contribution in [-0.4, -0.2) is 29.5 Å². The normalized spacial score (nSPS) is 11.7. The first-order valence-corrected chi connectivity index (χ1v) is 8.48. The number of halogens is 2. The van der Waals surface area contributed by atoms with Gasteiger partial charge >= 0.3 is 5.97 Å². The van der Waals surface area contributed by atoms with Crippen molar-refractivity contribution in [3.8, 4) is 0 Å². The van der Waals surface area contributed by atoms with E-state index in [1.807, 2.05) is 0 Å². The molecular formula is C19H24F2N2O3. The molecule has 1 heterocycles. The third-order valence-electron chi connectivity index (χ3n) is 3.99. The van der Waals surface area contributed by atoms with Crippen molar-refractivity contribution in [1.82, 2.24) is 10.3 Å². The maximum absolute atomic E-state index is 14.6. The summed E-state index contributed by atoms with van der Waals surface area (Å²) in [6.45, 7) is 6.68. The first kappa shape index (κ1) is 19.9. The van der Waals surface area contributed by atoms with Gasteiger partial charge in [0.25, 0.3) is 5.91 Å². The van der Waals surface area contributed by atoms with Gasteiger partial charge < -0.3 is 15.0 Å². The Hall–Kier alpha value is -2.44. The van der Waals surface area contributed by atoms with Crippen molar-refractivity contribution in [1.29, 1.82) is 0 Å². The second-order valence-corrected chi connectivity index (χ2v) is 7.22. The van der Waals surface area contributed by atoms with E-state index in [0.717, 1.165) is 0 Å². The topological polar surface area (TPSA) is 71.2 Å². The van der Waals surface area contributed by atoms with Gasteiger partial charge in [0, 0.05) is 24.4 Å². The van der Waals surface area contributed by atoms with E-state index in [-0.39, 0.29) is 41.0 Å². The minimum absolute atomic E-state index is 0.103. The predicted molar refractivity (Wildman–Crippen MR) is 95.1 cm³/mol. The Morgan fingerprint density at radius 2 is 1.92 bits per heavy atom. The summed E-state index contributed by atoms with van der Waals surface area (Å²) in [5.41, 5.74) is 0.148. The van der Waals surface area contributed by atoms with Crippen LogP contribution >= 0.6 is 0 Å². The van der Waals surface area contributed by atoms with Crippen LogP contribution in [0.2, 0.25) is 0 Å². The molecule has 0 bridgehead atoms. The van der Waals surface area contributed by atoms with E-state index in [4.69, 9.17) is 4.74 Å². The van der Waals surface area contributed by atoms with Gasteiger partial charge in [0.1, 0.15) is 22.9 Å². The van der Waals surface area contributed by atoms with Gasteiger partial charge in [-0.25, -0.2) is 8.78 Å². The number of nitrogens with one attached hydrogen (secondary N) is 2. The Balaban J connectivity index is 2.33. The Morgan fingerprint density at radius 1 is 1.27 bits per heavy atom. The number of esters is 1. The lowest BCUT2D eigenvalue weighted by molar-refractivity contribution is -0.154. The summed E-state index contributed by atoms with van der Waals surface area (Å²) in [5, 5.41) is 2.67. The first-order valence-electron chi connectivity index (χ1n) is 8.48. The summed E-state index contributed by atoms with van der Waals surface area (Å²) in [5.74, 6) is -2.16. The Morgan fingerprint density at radius 3 is 2.50 bits per heavy atom. The van der Waals surface area contributed by atoms with E-state index in [0.29, 0.717) is 12.0 Å². The van der Waals surface area contributed by atoms with E-state index >= 15 is 0 Å². The maximum Gasteiger partial charge on any atom is 0.306 e. The second kappa shape index (κ2) is 7.43. The van der Waals surface area contributed by atoms with Crippen LogP contribution in [0.3, 0.4) is 0 Å².